The van der Waals surface area contributed by atoms with Crippen LogP contribution in [0.1, 0.15) is 16.7 Å². The second-order valence-corrected chi connectivity index (χ2v) is 5.65. The van der Waals surface area contributed by atoms with Gasteiger partial charge in [0.2, 0.25) is 0 Å². The molecule has 2 nitrogen and oxygen atoms in total. The van der Waals surface area contributed by atoms with Crippen LogP contribution in [0.15, 0.2) is 66.8 Å². The van der Waals surface area contributed by atoms with Crippen LogP contribution in [-0.2, 0) is 12.0 Å². The Labute approximate surface area is 123 Å². The molecule has 0 saturated heterocycles. The maximum absolute atomic E-state index is 10.7. The summed E-state index contributed by atoms with van der Waals surface area (Å²) in [6.07, 6.45) is 7.56. The van der Waals surface area contributed by atoms with E-state index in [4.69, 9.17) is 5.41 Å². The molecule has 0 atom stereocenters. The van der Waals surface area contributed by atoms with E-state index in [0.29, 0.717) is 5.71 Å². The van der Waals surface area contributed by atoms with Crippen molar-refractivity contribution in [2.75, 3.05) is 0 Å². The van der Waals surface area contributed by atoms with Crippen molar-refractivity contribution in [1.29, 1.82) is 5.41 Å². The van der Waals surface area contributed by atoms with Crippen molar-refractivity contribution in [3.8, 4) is 11.1 Å². The summed E-state index contributed by atoms with van der Waals surface area (Å²) < 4.78 is 0. The van der Waals surface area contributed by atoms with Crippen molar-refractivity contribution in [2.45, 2.75) is 12.0 Å². The Balaban J connectivity index is 1.79. The van der Waals surface area contributed by atoms with Gasteiger partial charge >= 0.3 is 0 Å². The minimum atomic E-state index is -1.10. The lowest BCUT2D eigenvalue weighted by molar-refractivity contribution is 0.143. The van der Waals surface area contributed by atoms with Crippen LogP contribution in [0.4, 0.5) is 0 Å². The van der Waals surface area contributed by atoms with Crippen LogP contribution < -0.4 is 0 Å². The maximum atomic E-state index is 10.7. The van der Waals surface area contributed by atoms with Crippen molar-refractivity contribution in [3.05, 3.63) is 83.5 Å². The first-order valence-corrected chi connectivity index (χ1v) is 7.07. The van der Waals surface area contributed by atoms with Gasteiger partial charge in [-0.15, -0.1) is 0 Å². The molecule has 21 heavy (non-hydrogen) atoms. The lowest BCUT2D eigenvalue weighted by Crippen LogP contribution is -2.22. The summed E-state index contributed by atoms with van der Waals surface area (Å²) in [6.45, 7) is 0. The molecule has 0 radical (unpaired) electrons. The predicted molar refractivity (Wildman–Crippen MR) is 84.6 cm³/mol. The lowest BCUT2D eigenvalue weighted by Gasteiger charge is -2.24. The number of hydrogen-bond acceptors (Lipinski definition) is 2. The molecule has 0 unspecified atom stereocenters. The normalized spacial score (nSPS) is 22.2. The summed E-state index contributed by atoms with van der Waals surface area (Å²) in [5, 5.41) is 18.3. The average Bonchev–Trinajstić information content (AvgIpc) is 2.88. The highest BCUT2D eigenvalue weighted by Gasteiger charge is 2.27. The molecule has 0 amide bonds. The molecule has 102 valence electrons. The van der Waals surface area contributed by atoms with Gasteiger partial charge in [0.15, 0.2) is 0 Å². The van der Waals surface area contributed by atoms with Crippen LogP contribution in [0, 0.1) is 5.41 Å². The maximum Gasteiger partial charge on any atom is 0.127 e. The molecule has 0 heterocycles. The Kier molecular flexibility index (Phi) is 2.50. The standard InChI is InChI=1S/C19H15NO/c20-16-7-9-19(21,10-8-16)15-5-6-18-14(12-15)11-13-3-1-2-4-17(13)18/h1-10,12,20-21H,11H2. The molecule has 2 N–H and O–H groups in total. The van der Waals surface area contributed by atoms with Crippen molar-refractivity contribution >= 4 is 5.71 Å². The van der Waals surface area contributed by atoms with Crippen LogP contribution in [0.2, 0.25) is 0 Å². The van der Waals surface area contributed by atoms with Gasteiger partial charge in [0.05, 0.1) is 5.71 Å². The Morgan fingerprint density at radius 3 is 2.43 bits per heavy atom. The molecule has 0 fully saturated rings. The predicted octanol–water partition coefficient (Wildman–Crippen LogP) is 3.59. The molecule has 2 aliphatic rings. The van der Waals surface area contributed by atoms with Crippen LogP contribution in [0.25, 0.3) is 11.1 Å². The molecule has 0 aromatic heterocycles. The van der Waals surface area contributed by atoms with Gasteiger partial charge in [0.25, 0.3) is 0 Å². The molecule has 0 saturated carbocycles. The van der Waals surface area contributed by atoms with Crippen molar-refractivity contribution in [2.24, 2.45) is 0 Å². The van der Waals surface area contributed by atoms with Crippen molar-refractivity contribution in [1.82, 2.24) is 0 Å². The lowest BCUT2D eigenvalue weighted by atomic mass is 9.87. The van der Waals surface area contributed by atoms with E-state index in [0.717, 1.165) is 12.0 Å². The van der Waals surface area contributed by atoms with Gasteiger partial charge in [-0.25, -0.2) is 0 Å². The van der Waals surface area contributed by atoms with E-state index in [-0.39, 0.29) is 0 Å². The second-order valence-electron chi connectivity index (χ2n) is 5.65. The van der Waals surface area contributed by atoms with Crippen LogP contribution in [-0.4, -0.2) is 10.8 Å². The molecule has 4 rings (SSSR count). The zero-order valence-electron chi connectivity index (χ0n) is 11.5. The second kappa shape index (κ2) is 4.27. The number of fused-ring (bicyclic) bond motifs is 3. The van der Waals surface area contributed by atoms with E-state index in [1.807, 2.05) is 6.07 Å². The third-order valence-electron chi connectivity index (χ3n) is 4.29. The summed E-state index contributed by atoms with van der Waals surface area (Å²) in [4.78, 5) is 0. The summed E-state index contributed by atoms with van der Waals surface area (Å²) in [5.41, 5.74) is 5.31. The molecule has 2 aromatic rings. The molecular weight excluding hydrogens is 258 g/mol. The molecule has 0 bridgehead atoms. The van der Waals surface area contributed by atoms with E-state index in [1.165, 1.54) is 22.3 Å². The third-order valence-corrected chi connectivity index (χ3v) is 4.29. The average molecular weight is 273 g/mol. The Bertz CT molecular complexity index is 798. The summed E-state index contributed by atoms with van der Waals surface area (Å²) in [5.74, 6) is 0. The fraction of sp³-hybridized carbons (Fsp3) is 0.105. The first-order chi connectivity index (χ1) is 10.2. The van der Waals surface area contributed by atoms with E-state index in [2.05, 4.69) is 36.4 Å². The molecule has 0 spiro atoms. The minimum Gasteiger partial charge on any atom is -0.377 e. The first kappa shape index (κ1) is 12.3. The van der Waals surface area contributed by atoms with Gasteiger partial charge in [-0.05, 0) is 58.5 Å². The van der Waals surface area contributed by atoms with Gasteiger partial charge in [-0.1, -0.05) is 42.5 Å². The zero-order chi connectivity index (χ0) is 14.4. The molecule has 2 aromatic carbocycles. The largest absolute Gasteiger partial charge is 0.377 e. The van der Waals surface area contributed by atoms with Crippen molar-refractivity contribution < 1.29 is 5.11 Å². The number of allylic oxidation sites excluding steroid dienone is 2. The number of rotatable bonds is 1. The van der Waals surface area contributed by atoms with Crippen LogP contribution in [0.5, 0.6) is 0 Å². The molecule has 2 heteroatoms. The van der Waals surface area contributed by atoms with Crippen LogP contribution >= 0.6 is 0 Å². The highest BCUT2D eigenvalue weighted by molar-refractivity contribution is 6.02. The number of hydrogen-bond donors (Lipinski definition) is 2. The Morgan fingerprint density at radius 1 is 0.905 bits per heavy atom. The smallest absolute Gasteiger partial charge is 0.127 e. The first-order valence-electron chi connectivity index (χ1n) is 7.07. The highest BCUT2D eigenvalue weighted by Crippen LogP contribution is 2.39. The van der Waals surface area contributed by atoms with E-state index < -0.39 is 5.60 Å². The minimum absolute atomic E-state index is 0.410. The Morgan fingerprint density at radius 2 is 1.62 bits per heavy atom. The van der Waals surface area contributed by atoms with Gasteiger partial charge in [-0.2, -0.15) is 0 Å². The Hall–Kier alpha value is -2.45. The quantitative estimate of drug-likeness (QED) is 0.699. The molecule has 0 aliphatic heterocycles. The van der Waals surface area contributed by atoms with Gasteiger partial charge in [0, 0.05) is 0 Å². The number of aliphatic hydroxyl groups is 1. The van der Waals surface area contributed by atoms with E-state index in [1.54, 1.807) is 24.3 Å². The SMILES string of the molecule is N=C1C=CC(O)(c2ccc3c(c2)Cc2ccccc2-3)C=C1. The fourth-order valence-electron chi connectivity index (χ4n) is 3.13. The van der Waals surface area contributed by atoms with Crippen molar-refractivity contribution in [3.63, 3.8) is 0 Å². The third kappa shape index (κ3) is 1.88. The summed E-state index contributed by atoms with van der Waals surface area (Å²) >= 11 is 0. The van der Waals surface area contributed by atoms with Gasteiger partial charge in [-0.3, -0.25) is 0 Å². The zero-order valence-corrected chi connectivity index (χ0v) is 11.5. The van der Waals surface area contributed by atoms with Gasteiger partial charge < -0.3 is 10.5 Å². The highest BCUT2D eigenvalue weighted by atomic mass is 16.3. The fourth-order valence-corrected chi connectivity index (χ4v) is 3.13. The van der Waals surface area contributed by atoms with E-state index >= 15 is 0 Å². The molecular formula is C19H15NO. The number of benzene rings is 2. The van der Waals surface area contributed by atoms with E-state index in [9.17, 15) is 5.11 Å². The number of nitrogens with one attached hydrogen (secondary N) is 1. The summed E-state index contributed by atoms with van der Waals surface area (Å²) in [6, 6.07) is 14.6. The topological polar surface area (TPSA) is 44.1 Å². The monoisotopic (exact) mass is 273 g/mol. The summed E-state index contributed by atoms with van der Waals surface area (Å²) in [7, 11) is 0. The van der Waals surface area contributed by atoms with Gasteiger partial charge in [0.1, 0.15) is 5.60 Å². The van der Waals surface area contributed by atoms with Crippen LogP contribution in [0.3, 0.4) is 0 Å². The molecule has 2 aliphatic carbocycles.